The molecule has 0 aliphatic heterocycles. The van der Waals surface area contributed by atoms with Crippen LogP contribution in [0.3, 0.4) is 0 Å². The highest BCUT2D eigenvalue weighted by Crippen LogP contribution is 2.14. The number of alkyl halides is 1. The summed E-state index contributed by atoms with van der Waals surface area (Å²) >= 11 is 5.84. The summed E-state index contributed by atoms with van der Waals surface area (Å²) in [6, 6.07) is 22.6. The van der Waals surface area contributed by atoms with E-state index in [2.05, 4.69) is 48.0 Å². The zero-order chi connectivity index (χ0) is 18.4. The van der Waals surface area contributed by atoms with Gasteiger partial charge in [-0.2, -0.15) is 0 Å². The fourth-order valence-electron chi connectivity index (χ4n) is 2.95. The second kappa shape index (κ2) is 8.72. The first-order valence-electron chi connectivity index (χ1n) is 8.73. The molecule has 1 heterocycles. The van der Waals surface area contributed by atoms with Gasteiger partial charge in [-0.05, 0) is 30.2 Å². The maximum atomic E-state index is 12.3. The number of hydrogen-bond donors (Lipinski definition) is 0. The lowest BCUT2D eigenvalue weighted by molar-refractivity contribution is -0.129. The largest absolute Gasteiger partial charge is 0.345 e. The fourth-order valence-corrected chi connectivity index (χ4v) is 3.12. The Morgan fingerprint density at radius 1 is 0.923 bits per heavy atom. The Labute approximate surface area is 159 Å². The average molecular weight is 367 g/mol. The lowest BCUT2D eigenvalue weighted by Crippen LogP contribution is -2.31. The van der Waals surface area contributed by atoms with E-state index in [1.54, 1.807) is 0 Å². The second-order valence-electron chi connectivity index (χ2n) is 6.48. The maximum Gasteiger partial charge on any atom is 0.238 e. The van der Waals surface area contributed by atoms with Crippen molar-refractivity contribution >= 4 is 17.5 Å². The van der Waals surface area contributed by atoms with Gasteiger partial charge in [0.25, 0.3) is 0 Å². The van der Waals surface area contributed by atoms with E-state index < -0.39 is 0 Å². The molecule has 0 N–H and O–H groups in total. The van der Waals surface area contributed by atoms with Crippen molar-refractivity contribution in [3.05, 3.63) is 95.3 Å². The third kappa shape index (κ3) is 4.77. The number of carbonyl (C=O) groups is 1. The second-order valence-corrected chi connectivity index (χ2v) is 6.75. The number of rotatable bonds is 7. The molecule has 0 aliphatic rings. The first-order chi connectivity index (χ1) is 12.7. The number of carbonyl (C=O) groups excluding carboxylic acids is 1. The molecule has 0 atom stereocenters. The van der Waals surface area contributed by atoms with Gasteiger partial charge in [-0.25, -0.2) is 0 Å². The van der Waals surface area contributed by atoms with Gasteiger partial charge in [-0.3, -0.25) is 4.79 Å². The van der Waals surface area contributed by atoms with Crippen LogP contribution in [-0.2, 0) is 24.4 Å². The maximum absolute atomic E-state index is 12.3. The van der Waals surface area contributed by atoms with Gasteiger partial charge in [0.2, 0.25) is 5.91 Å². The van der Waals surface area contributed by atoms with E-state index in [0.717, 1.165) is 17.8 Å². The highest BCUT2D eigenvalue weighted by atomic mass is 35.5. The van der Waals surface area contributed by atoms with Crippen LogP contribution in [-0.4, -0.2) is 21.3 Å². The Balaban J connectivity index is 1.76. The molecule has 0 aliphatic carbocycles. The number of amides is 1. The number of aromatic nitrogens is 1. The molecule has 4 heteroatoms. The van der Waals surface area contributed by atoms with Gasteiger partial charge in [0.15, 0.2) is 0 Å². The Bertz CT molecular complexity index is 840. The normalized spacial score (nSPS) is 10.7. The summed E-state index contributed by atoms with van der Waals surface area (Å²) in [6.07, 6.45) is 2.06. The van der Waals surface area contributed by atoms with E-state index in [1.807, 2.05) is 41.3 Å². The first kappa shape index (κ1) is 18.3. The molecule has 3 rings (SSSR count). The minimum Gasteiger partial charge on any atom is -0.345 e. The minimum atomic E-state index is -0.0568. The van der Waals surface area contributed by atoms with Crippen molar-refractivity contribution in [2.45, 2.75) is 26.6 Å². The number of halogens is 1. The molecular formula is C22H23ClN2O. The minimum absolute atomic E-state index is 0.00843. The van der Waals surface area contributed by atoms with Crippen LogP contribution >= 0.6 is 11.6 Å². The Kier molecular flexibility index (Phi) is 6.13. The van der Waals surface area contributed by atoms with Gasteiger partial charge in [-0.1, -0.05) is 60.2 Å². The van der Waals surface area contributed by atoms with Crippen LogP contribution < -0.4 is 0 Å². The summed E-state index contributed by atoms with van der Waals surface area (Å²) in [5.41, 5.74) is 4.69. The molecule has 1 aromatic heterocycles. The van der Waals surface area contributed by atoms with Crippen LogP contribution in [0.1, 0.15) is 22.4 Å². The lowest BCUT2D eigenvalue weighted by atomic mass is 10.1. The van der Waals surface area contributed by atoms with Gasteiger partial charge in [0.1, 0.15) is 5.88 Å². The summed E-state index contributed by atoms with van der Waals surface area (Å²) in [7, 11) is 0. The van der Waals surface area contributed by atoms with Crippen LogP contribution in [0.25, 0.3) is 0 Å². The standard InChI is InChI=1S/C22H23ClN2O/c1-18-9-11-20(12-10-18)15-24-13-5-8-21(24)17-25(22(26)14-23)16-19-6-3-2-4-7-19/h2-13H,14-17H2,1H3. The van der Waals surface area contributed by atoms with Gasteiger partial charge >= 0.3 is 0 Å². The molecule has 2 aromatic carbocycles. The van der Waals surface area contributed by atoms with Crippen LogP contribution in [0.15, 0.2) is 72.9 Å². The molecule has 0 saturated heterocycles. The summed E-state index contributed by atoms with van der Waals surface area (Å²) in [5, 5.41) is 0. The number of benzene rings is 2. The smallest absolute Gasteiger partial charge is 0.238 e. The molecule has 1 amide bonds. The summed E-state index contributed by atoms with van der Waals surface area (Å²) in [4.78, 5) is 14.1. The van der Waals surface area contributed by atoms with E-state index in [9.17, 15) is 4.79 Å². The molecule has 3 nitrogen and oxygen atoms in total. The number of nitrogens with zero attached hydrogens (tertiary/aromatic N) is 2. The van der Waals surface area contributed by atoms with Crippen LogP contribution in [0.2, 0.25) is 0 Å². The summed E-state index contributed by atoms with van der Waals surface area (Å²) in [6.45, 7) is 3.97. The zero-order valence-electron chi connectivity index (χ0n) is 14.9. The molecule has 0 unspecified atom stereocenters. The third-order valence-electron chi connectivity index (χ3n) is 4.43. The molecule has 134 valence electrons. The topological polar surface area (TPSA) is 25.2 Å². The third-order valence-corrected chi connectivity index (χ3v) is 4.66. The van der Waals surface area contributed by atoms with Crippen LogP contribution in [0, 0.1) is 6.92 Å². The number of hydrogen-bond acceptors (Lipinski definition) is 1. The highest BCUT2D eigenvalue weighted by molar-refractivity contribution is 6.27. The lowest BCUT2D eigenvalue weighted by Gasteiger charge is -2.23. The SMILES string of the molecule is Cc1ccc(Cn2cccc2CN(Cc2ccccc2)C(=O)CCl)cc1. The van der Waals surface area contributed by atoms with Crippen molar-refractivity contribution < 1.29 is 4.79 Å². The van der Waals surface area contributed by atoms with Crippen LogP contribution in [0.5, 0.6) is 0 Å². The van der Waals surface area contributed by atoms with E-state index in [0.29, 0.717) is 13.1 Å². The molecule has 3 aromatic rings. The quantitative estimate of drug-likeness (QED) is 0.560. The summed E-state index contributed by atoms with van der Waals surface area (Å²) < 4.78 is 2.18. The highest BCUT2D eigenvalue weighted by Gasteiger charge is 2.15. The monoisotopic (exact) mass is 366 g/mol. The molecule has 0 bridgehead atoms. The molecule has 0 radical (unpaired) electrons. The Morgan fingerprint density at radius 2 is 1.65 bits per heavy atom. The molecular weight excluding hydrogens is 344 g/mol. The number of aryl methyl sites for hydroxylation is 1. The fraction of sp³-hybridized carbons (Fsp3) is 0.227. The van der Waals surface area contributed by atoms with Crippen molar-refractivity contribution in [2.24, 2.45) is 0 Å². The van der Waals surface area contributed by atoms with Crippen molar-refractivity contribution in [1.29, 1.82) is 0 Å². The van der Waals surface area contributed by atoms with Crippen molar-refractivity contribution in [3.63, 3.8) is 0 Å². The van der Waals surface area contributed by atoms with Crippen molar-refractivity contribution in [3.8, 4) is 0 Å². The predicted octanol–water partition coefficient (Wildman–Crippen LogP) is 4.61. The molecule has 0 saturated carbocycles. The molecule has 0 fully saturated rings. The summed E-state index contributed by atoms with van der Waals surface area (Å²) in [5.74, 6) is -0.0653. The molecule has 26 heavy (non-hydrogen) atoms. The Morgan fingerprint density at radius 3 is 2.35 bits per heavy atom. The van der Waals surface area contributed by atoms with E-state index in [4.69, 9.17) is 11.6 Å². The Hall–Kier alpha value is -2.52. The first-order valence-corrected chi connectivity index (χ1v) is 9.26. The average Bonchev–Trinajstić information content (AvgIpc) is 3.10. The van der Waals surface area contributed by atoms with Gasteiger partial charge in [0.05, 0.1) is 6.54 Å². The van der Waals surface area contributed by atoms with Gasteiger partial charge in [-0.15, -0.1) is 11.6 Å². The van der Waals surface area contributed by atoms with E-state index in [1.165, 1.54) is 11.1 Å². The zero-order valence-corrected chi connectivity index (χ0v) is 15.7. The van der Waals surface area contributed by atoms with Crippen LogP contribution in [0.4, 0.5) is 0 Å². The van der Waals surface area contributed by atoms with E-state index >= 15 is 0 Å². The predicted molar refractivity (Wildman–Crippen MR) is 106 cm³/mol. The van der Waals surface area contributed by atoms with Crippen molar-refractivity contribution in [2.75, 3.05) is 5.88 Å². The van der Waals surface area contributed by atoms with Gasteiger partial charge in [0, 0.05) is 25.0 Å². The molecule has 0 spiro atoms. The van der Waals surface area contributed by atoms with Crippen molar-refractivity contribution in [1.82, 2.24) is 9.47 Å². The van der Waals surface area contributed by atoms with E-state index in [-0.39, 0.29) is 11.8 Å². The van der Waals surface area contributed by atoms with Gasteiger partial charge < -0.3 is 9.47 Å².